The summed E-state index contributed by atoms with van der Waals surface area (Å²) in [5, 5.41) is 4.52. The Labute approximate surface area is 231 Å². The van der Waals surface area contributed by atoms with Crippen LogP contribution in [0.25, 0.3) is 10.2 Å². The van der Waals surface area contributed by atoms with Crippen LogP contribution in [0.3, 0.4) is 0 Å². The Morgan fingerprint density at radius 2 is 1.66 bits per heavy atom. The van der Waals surface area contributed by atoms with Crippen molar-refractivity contribution in [2.75, 3.05) is 92.0 Å². The first-order valence-corrected chi connectivity index (χ1v) is 15.2. The molecule has 2 heterocycles. The lowest BCUT2D eigenvalue weighted by Gasteiger charge is -2.58. The fourth-order valence-electron chi connectivity index (χ4n) is 6.90. The van der Waals surface area contributed by atoms with E-state index < -0.39 is 0 Å². The van der Waals surface area contributed by atoms with Gasteiger partial charge in [0, 0.05) is 25.1 Å². The third kappa shape index (κ3) is 6.35. The number of hydrogen-bond acceptors (Lipinski definition) is 9. The van der Waals surface area contributed by atoms with Crippen LogP contribution in [0.4, 0.5) is 5.13 Å². The third-order valence-electron chi connectivity index (χ3n) is 8.68. The number of rotatable bonds is 16. The van der Waals surface area contributed by atoms with E-state index in [0.717, 1.165) is 23.1 Å². The van der Waals surface area contributed by atoms with Crippen molar-refractivity contribution in [2.45, 2.75) is 50.0 Å². The number of piperidine rings is 1. The first-order chi connectivity index (χ1) is 18.7. The van der Waals surface area contributed by atoms with Crippen LogP contribution in [-0.2, 0) is 35.5 Å². The Balaban J connectivity index is 1.04. The van der Waals surface area contributed by atoms with Crippen molar-refractivity contribution in [3.63, 3.8) is 0 Å². The van der Waals surface area contributed by atoms with E-state index in [1.54, 1.807) is 18.2 Å². The van der Waals surface area contributed by atoms with Gasteiger partial charge in [-0.05, 0) is 62.4 Å². The number of hydrogen-bond donors (Lipinski definition) is 1. The van der Waals surface area contributed by atoms with E-state index in [1.807, 2.05) is 11.3 Å². The summed E-state index contributed by atoms with van der Waals surface area (Å²) in [4.78, 5) is 7.61. The highest BCUT2D eigenvalue weighted by Crippen LogP contribution is 2.57. The van der Waals surface area contributed by atoms with Crippen LogP contribution in [0.1, 0.15) is 43.2 Å². The van der Waals surface area contributed by atoms with Crippen LogP contribution in [0.2, 0.25) is 0 Å². The summed E-state index contributed by atoms with van der Waals surface area (Å²) < 4.78 is 28.5. The normalized spacial score (nSPS) is 24.9. The summed E-state index contributed by atoms with van der Waals surface area (Å²) >= 11 is 1.85. The minimum Gasteiger partial charge on any atom is -0.382 e. The molecule has 2 bridgehead atoms. The second-order valence-electron chi connectivity index (χ2n) is 10.8. The zero-order valence-corrected chi connectivity index (χ0v) is 24.0. The molecule has 3 aliphatic rings. The molecule has 3 atom stereocenters. The van der Waals surface area contributed by atoms with Crippen molar-refractivity contribution in [2.24, 2.45) is 5.92 Å². The number of methoxy groups -OCH3 is 1. The van der Waals surface area contributed by atoms with Crippen LogP contribution in [0.5, 0.6) is 0 Å². The number of fused-ring (bicyclic) bond motifs is 3. The van der Waals surface area contributed by atoms with Gasteiger partial charge in [-0.25, -0.2) is 4.98 Å². The van der Waals surface area contributed by atoms with Crippen LogP contribution >= 0.6 is 11.3 Å². The van der Waals surface area contributed by atoms with Crippen LogP contribution in [0.15, 0.2) is 12.1 Å². The standard InChI is InChI=1S/C29H45N3O5S/c1-32-11-9-29-8-4-3-5-23(29)25(32)21-22-6-7-24-27(26(22)29)38-28(31-24)30-10-12-34-15-16-36-19-20-37-18-17-35-14-13-33-2/h6-7,23,25H,3-5,8-21H2,1-2H3,(H,30,31)/t23-,25+,29+/m0/s1. The average molecular weight is 548 g/mol. The topological polar surface area (TPSA) is 74.3 Å². The van der Waals surface area contributed by atoms with E-state index in [9.17, 15) is 0 Å². The molecule has 2 aromatic rings. The zero-order chi connectivity index (χ0) is 26.2. The smallest absolute Gasteiger partial charge is 0.183 e. The van der Waals surface area contributed by atoms with Gasteiger partial charge in [-0.15, -0.1) is 0 Å². The van der Waals surface area contributed by atoms with Crippen LogP contribution in [-0.4, -0.2) is 103 Å². The zero-order valence-electron chi connectivity index (χ0n) is 23.2. The van der Waals surface area contributed by atoms with Gasteiger partial charge in [-0.1, -0.05) is 30.2 Å². The Bertz CT molecular complexity index is 1020. The van der Waals surface area contributed by atoms with Crippen LogP contribution in [0, 0.1) is 5.92 Å². The van der Waals surface area contributed by atoms with E-state index in [-0.39, 0.29) is 0 Å². The second kappa shape index (κ2) is 13.8. The Kier molecular flexibility index (Phi) is 10.3. The van der Waals surface area contributed by atoms with Gasteiger partial charge in [-0.2, -0.15) is 0 Å². The molecular formula is C29H45N3O5S. The van der Waals surface area contributed by atoms with Gasteiger partial charge in [0.15, 0.2) is 5.13 Å². The number of likely N-dealkylation sites (N-methyl/N-ethyl adjacent to an activating group) is 1. The fourth-order valence-corrected chi connectivity index (χ4v) is 8.07. The molecule has 1 saturated heterocycles. The molecule has 38 heavy (non-hydrogen) atoms. The maximum absolute atomic E-state index is 5.75. The van der Waals surface area contributed by atoms with Gasteiger partial charge >= 0.3 is 0 Å². The second-order valence-corrected chi connectivity index (χ2v) is 11.8. The molecule has 212 valence electrons. The minimum absolute atomic E-state index is 0.359. The molecule has 1 aromatic carbocycles. The number of nitrogens with one attached hydrogen (secondary N) is 1. The predicted octanol–water partition coefficient (Wildman–Crippen LogP) is 4.11. The third-order valence-corrected chi connectivity index (χ3v) is 9.73. The van der Waals surface area contributed by atoms with E-state index in [4.69, 9.17) is 28.7 Å². The number of thiazole rings is 1. The van der Waals surface area contributed by atoms with Crippen molar-refractivity contribution in [1.82, 2.24) is 9.88 Å². The first kappa shape index (κ1) is 28.2. The molecule has 5 rings (SSSR count). The van der Waals surface area contributed by atoms with E-state index in [2.05, 4.69) is 29.4 Å². The fraction of sp³-hybridized carbons (Fsp3) is 0.759. The average Bonchev–Trinajstić information content (AvgIpc) is 3.35. The number of nitrogens with zero attached hydrogens (tertiary/aromatic N) is 2. The van der Waals surface area contributed by atoms with Crippen molar-refractivity contribution in [3.8, 4) is 0 Å². The Morgan fingerprint density at radius 3 is 2.39 bits per heavy atom. The molecule has 1 saturated carbocycles. The van der Waals surface area contributed by atoms with Gasteiger partial charge in [-0.3, -0.25) is 0 Å². The molecule has 1 aromatic heterocycles. The molecular weight excluding hydrogens is 502 g/mol. The molecule has 0 unspecified atom stereocenters. The van der Waals surface area contributed by atoms with Gasteiger partial charge in [0.1, 0.15) is 0 Å². The number of benzene rings is 1. The summed E-state index contributed by atoms with van der Waals surface area (Å²) in [6, 6.07) is 5.33. The summed E-state index contributed by atoms with van der Waals surface area (Å²) in [6.45, 7) is 7.24. The first-order valence-electron chi connectivity index (χ1n) is 14.4. The van der Waals surface area contributed by atoms with Crippen molar-refractivity contribution < 1.29 is 23.7 Å². The van der Waals surface area contributed by atoms with Gasteiger partial charge in [0.25, 0.3) is 0 Å². The van der Waals surface area contributed by atoms with Gasteiger partial charge in [0.05, 0.1) is 69.7 Å². The largest absolute Gasteiger partial charge is 0.382 e. The van der Waals surface area contributed by atoms with Crippen LogP contribution < -0.4 is 5.32 Å². The highest BCUT2D eigenvalue weighted by atomic mass is 32.1. The lowest BCUT2D eigenvalue weighted by atomic mass is 9.52. The number of aromatic nitrogens is 1. The van der Waals surface area contributed by atoms with Gasteiger partial charge < -0.3 is 33.9 Å². The highest BCUT2D eigenvalue weighted by Gasteiger charge is 2.53. The molecule has 2 fully saturated rings. The quantitative estimate of drug-likeness (QED) is 0.315. The van der Waals surface area contributed by atoms with Crippen molar-refractivity contribution in [3.05, 3.63) is 23.3 Å². The maximum Gasteiger partial charge on any atom is 0.183 e. The number of likely N-dealkylation sites (tertiary alicyclic amines) is 1. The molecule has 9 heteroatoms. The van der Waals surface area contributed by atoms with E-state index in [0.29, 0.717) is 70.9 Å². The van der Waals surface area contributed by atoms with Crippen molar-refractivity contribution in [1.29, 1.82) is 0 Å². The lowest BCUT2D eigenvalue weighted by molar-refractivity contribution is -0.00700. The van der Waals surface area contributed by atoms with Gasteiger partial charge in [0.2, 0.25) is 0 Å². The molecule has 1 N–H and O–H groups in total. The lowest BCUT2D eigenvalue weighted by Crippen LogP contribution is -2.59. The molecule has 2 aliphatic carbocycles. The maximum atomic E-state index is 5.75. The molecule has 0 radical (unpaired) electrons. The SMILES string of the molecule is COCCOCCOCCOCCOCCNc1nc2ccc3c(c2s1)[C@@]12CCCC[C@H]1[C@@H](C3)N(C)CC2. The monoisotopic (exact) mass is 547 g/mol. The molecule has 8 nitrogen and oxygen atoms in total. The minimum atomic E-state index is 0.359. The molecule has 1 aliphatic heterocycles. The molecule has 0 spiro atoms. The number of anilines is 1. The summed E-state index contributed by atoms with van der Waals surface area (Å²) in [7, 11) is 4.01. The van der Waals surface area contributed by atoms with E-state index in [1.165, 1.54) is 49.8 Å². The predicted molar refractivity (Wildman–Crippen MR) is 152 cm³/mol. The summed E-state index contributed by atoms with van der Waals surface area (Å²) in [5.41, 5.74) is 4.75. The summed E-state index contributed by atoms with van der Waals surface area (Å²) in [6.07, 6.45) is 7.97. The number of ether oxygens (including phenoxy) is 5. The Hall–Kier alpha value is -1.33. The van der Waals surface area contributed by atoms with Crippen molar-refractivity contribution >= 4 is 26.7 Å². The molecule has 0 amide bonds. The highest BCUT2D eigenvalue weighted by molar-refractivity contribution is 7.22. The summed E-state index contributed by atoms with van der Waals surface area (Å²) in [5.74, 6) is 0.800. The Morgan fingerprint density at radius 1 is 0.947 bits per heavy atom. The van der Waals surface area contributed by atoms with E-state index >= 15 is 0 Å².